The summed E-state index contributed by atoms with van der Waals surface area (Å²) >= 11 is 0. The van der Waals surface area contributed by atoms with Crippen molar-refractivity contribution in [2.45, 2.75) is 0 Å². The molecule has 0 aliphatic carbocycles. The van der Waals surface area contributed by atoms with Crippen LogP contribution in [0.5, 0.6) is 0 Å². The number of hydrogen-bond donors (Lipinski definition) is 1. The van der Waals surface area contributed by atoms with Crippen molar-refractivity contribution in [1.82, 2.24) is 0 Å². The third kappa shape index (κ3) is 22.6. The number of rotatable bonds is 5. The second-order valence-electron chi connectivity index (χ2n) is 1.58. The van der Waals surface area contributed by atoms with Crippen LogP contribution in [0.25, 0.3) is 0 Å². The molecule has 0 aromatic rings. The summed E-state index contributed by atoms with van der Waals surface area (Å²) in [5, 5.41) is 8.05. The van der Waals surface area contributed by atoms with Gasteiger partial charge in [-0.15, -0.1) is 0 Å². The van der Waals surface area contributed by atoms with E-state index in [1.165, 1.54) is 7.11 Å². The van der Waals surface area contributed by atoms with E-state index in [0.717, 1.165) is 0 Å². The van der Waals surface area contributed by atoms with Crippen molar-refractivity contribution in [2.75, 3.05) is 26.9 Å². The standard InChI is InChI=1S/C5H10O4.BH2OP/c1-8-2-3-9-4-5(6)7;2-1-3/h2-4H2,1H3,(H,6,7);3H2. The summed E-state index contributed by atoms with van der Waals surface area (Å²) in [5.74, 6) is -0.953. The van der Waals surface area contributed by atoms with Crippen LogP contribution >= 0.6 is 9.12 Å². The van der Waals surface area contributed by atoms with Crippen molar-refractivity contribution in [2.24, 2.45) is 0 Å². The van der Waals surface area contributed by atoms with Crippen molar-refractivity contribution in [3.63, 3.8) is 0 Å². The molecule has 0 fully saturated rings. The van der Waals surface area contributed by atoms with Crippen LogP contribution in [0.3, 0.4) is 0 Å². The zero-order valence-electron chi connectivity index (χ0n) is 6.86. The van der Waals surface area contributed by atoms with Gasteiger partial charge in [-0.1, -0.05) is 0 Å². The molecule has 70 valence electrons. The third-order valence-electron chi connectivity index (χ3n) is 0.657. The molecular weight excluding hydrogens is 182 g/mol. The third-order valence-corrected chi connectivity index (χ3v) is 0.657. The van der Waals surface area contributed by atoms with E-state index in [0.29, 0.717) is 20.1 Å². The predicted molar refractivity (Wildman–Crippen MR) is 46.5 cm³/mol. The summed E-state index contributed by atoms with van der Waals surface area (Å²) in [4.78, 5) is 9.80. The van der Waals surface area contributed by atoms with Gasteiger partial charge >= 0.3 is 26.7 Å². The molecule has 0 aromatic heterocycles. The van der Waals surface area contributed by atoms with Gasteiger partial charge in [-0.25, -0.2) is 4.79 Å². The van der Waals surface area contributed by atoms with E-state index in [-0.39, 0.29) is 6.61 Å². The van der Waals surface area contributed by atoms with E-state index < -0.39 is 5.97 Å². The van der Waals surface area contributed by atoms with Gasteiger partial charge in [-0.3, -0.25) is 0 Å². The van der Waals surface area contributed by atoms with E-state index in [9.17, 15) is 4.79 Å². The maximum atomic E-state index is 9.80. The molecule has 1 N–H and O–H groups in total. The summed E-state index contributed by atoms with van der Waals surface area (Å²) < 4.78 is 18.0. The fourth-order valence-electron chi connectivity index (χ4n) is 0.302. The van der Waals surface area contributed by atoms with Crippen LogP contribution in [0, 0.1) is 0 Å². The van der Waals surface area contributed by atoms with Crippen LogP contribution in [0.15, 0.2) is 0 Å². The van der Waals surface area contributed by atoms with E-state index in [1.807, 2.05) is 9.12 Å². The topological polar surface area (TPSA) is 72.8 Å². The number of ether oxygens (including phenoxy) is 2. The van der Waals surface area contributed by atoms with Gasteiger partial charge in [-0.05, 0) is 0 Å². The molecular formula is C5H12BO5P. The summed E-state index contributed by atoms with van der Waals surface area (Å²) in [6.45, 7) is 1.19. The average molecular weight is 194 g/mol. The van der Waals surface area contributed by atoms with Gasteiger partial charge in [-0.2, -0.15) is 0 Å². The van der Waals surface area contributed by atoms with E-state index >= 15 is 0 Å². The van der Waals surface area contributed by atoms with Crippen LogP contribution in [0.4, 0.5) is 0 Å². The van der Waals surface area contributed by atoms with Gasteiger partial charge < -0.3 is 14.6 Å². The number of carboxylic acid groups (broad SMARTS) is 1. The Morgan fingerprint density at radius 2 is 2.08 bits per heavy atom. The Bertz CT molecular complexity index is 120. The zero-order valence-corrected chi connectivity index (χ0v) is 8.01. The molecule has 0 saturated carbocycles. The first kappa shape index (κ1) is 14.2. The SMILES string of the molecule is COCCOCC(=O)O.O=BP. The molecule has 0 heterocycles. The quantitative estimate of drug-likeness (QED) is 0.364. The molecule has 0 aliphatic heterocycles. The van der Waals surface area contributed by atoms with Crippen LogP contribution in [-0.2, 0) is 19.0 Å². The average Bonchev–Trinajstić information content (AvgIpc) is 1.99. The molecule has 5 nitrogen and oxygen atoms in total. The Balaban J connectivity index is 0. The first-order valence-corrected chi connectivity index (χ1v) is 3.79. The van der Waals surface area contributed by atoms with Crippen LogP contribution < -0.4 is 0 Å². The first-order chi connectivity index (χ1) is 5.68. The van der Waals surface area contributed by atoms with Gasteiger partial charge in [0.15, 0.2) is 0 Å². The van der Waals surface area contributed by atoms with Gasteiger partial charge in [0.05, 0.1) is 13.2 Å². The van der Waals surface area contributed by atoms with E-state index in [4.69, 9.17) is 9.81 Å². The molecule has 7 heteroatoms. The van der Waals surface area contributed by atoms with Crippen LogP contribution in [0.2, 0.25) is 0 Å². The Kier molecular flexibility index (Phi) is 15.7. The fourth-order valence-corrected chi connectivity index (χ4v) is 0.302. The molecule has 0 rings (SSSR count). The van der Waals surface area contributed by atoms with Crippen molar-refractivity contribution in [3.8, 4) is 0 Å². The number of carboxylic acids is 1. The zero-order chi connectivity index (χ0) is 9.82. The first-order valence-electron chi connectivity index (χ1n) is 3.12. The van der Waals surface area contributed by atoms with Crippen LogP contribution in [0.1, 0.15) is 0 Å². The molecule has 1 atom stereocenters. The molecule has 1 unspecified atom stereocenters. The molecule has 0 saturated heterocycles. The maximum absolute atomic E-state index is 9.80. The Morgan fingerprint density at radius 3 is 2.42 bits per heavy atom. The molecule has 0 bridgehead atoms. The summed E-state index contributed by atoms with van der Waals surface area (Å²) in [7, 11) is 3.43. The minimum atomic E-state index is -0.953. The van der Waals surface area contributed by atoms with Crippen molar-refractivity contribution >= 4 is 22.0 Å². The van der Waals surface area contributed by atoms with Crippen molar-refractivity contribution in [1.29, 1.82) is 0 Å². The van der Waals surface area contributed by atoms with E-state index in [2.05, 4.69) is 9.47 Å². The molecule has 0 aliphatic rings. The van der Waals surface area contributed by atoms with Crippen molar-refractivity contribution < 1.29 is 24.1 Å². The Hall–Kier alpha value is -0.315. The Labute approximate surface area is 73.8 Å². The molecule has 0 aromatic carbocycles. The fraction of sp³-hybridized carbons (Fsp3) is 0.800. The number of aliphatic carboxylic acids is 1. The van der Waals surface area contributed by atoms with Crippen molar-refractivity contribution in [3.05, 3.63) is 0 Å². The monoisotopic (exact) mass is 194 g/mol. The van der Waals surface area contributed by atoms with Gasteiger partial charge in [0.2, 0.25) is 0 Å². The molecule has 0 spiro atoms. The van der Waals surface area contributed by atoms with Crippen LogP contribution in [-0.4, -0.2) is 44.9 Å². The Morgan fingerprint density at radius 1 is 1.58 bits per heavy atom. The summed E-state index contributed by atoms with van der Waals surface area (Å²) in [6, 6.07) is 0. The summed E-state index contributed by atoms with van der Waals surface area (Å²) in [6.07, 6.45) is 0. The van der Waals surface area contributed by atoms with Gasteiger partial charge in [0.1, 0.15) is 6.61 Å². The molecule has 0 radical (unpaired) electrons. The number of carbonyl (C=O) groups is 1. The minimum absolute atomic E-state index is 0.247. The number of methoxy groups -OCH3 is 1. The van der Waals surface area contributed by atoms with Gasteiger partial charge in [0.25, 0.3) is 0 Å². The van der Waals surface area contributed by atoms with Gasteiger partial charge in [0, 0.05) is 7.11 Å². The second-order valence-corrected chi connectivity index (χ2v) is 1.85. The van der Waals surface area contributed by atoms with E-state index in [1.54, 1.807) is 0 Å². The molecule has 12 heavy (non-hydrogen) atoms. The second kappa shape index (κ2) is 13.3. The molecule has 0 amide bonds. The number of hydrogen-bond acceptors (Lipinski definition) is 4. The normalized spacial score (nSPS) is 7.83. The predicted octanol–water partition coefficient (Wildman–Crippen LogP) is -0.440. The summed E-state index contributed by atoms with van der Waals surface area (Å²) in [5.41, 5.74) is 0.